The molecule has 2 amide bonds. The van der Waals surface area contributed by atoms with Gasteiger partial charge >= 0.3 is 6.03 Å². The molecule has 4 rings (SSSR count). The number of urea groups is 1. The van der Waals surface area contributed by atoms with E-state index < -0.39 is 0 Å². The number of carbonyl (C=O) groups excluding carboxylic acids is 1. The van der Waals surface area contributed by atoms with E-state index in [1.807, 2.05) is 11.1 Å². The topological polar surface area (TPSA) is 59.4 Å². The molecule has 0 radical (unpaired) electrons. The molecule has 1 N–H and O–H groups in total. The molecule has 2 aliphatic carbocycles. The normalized spacial score (nSPS) is 31.1. The Balaban J connectivity index is 1.44. The summed E-state index contributed by atoms with van der Waals surface area (Å²) in [4.78, 5) is 14.4. The van der Waals surface area contributed by atoms with Crippen molar-refractivity contribution >= 4 is 6.03 Å². The van der Waals surface area contributed by atoms with Crippen molar-refractivity contribution in [2.45, 2.75) is 58.1 Å². The van der Waals surface area contributed by atoms with Gasteiger partial charge in [0.2, 0.25) is 0 Å². The van der Waals surface area contributed by atoms with Crippen molar-refractivity contribution in [2.75, 3.05) is 26.2 Å². The van der Waals surface area contributed by atoms with Gasteiger partial charge in [-0.25, -0.2) is 4.79 Å². The van der Waals surface area contributed by atoms with Gasteiger partial charge in [-0.1, -0.05) is 6.92 Å². The number of carbonyl (C=O) groups is 1. The summed E-state index contributed by atoms with van der Waals surface area (Å²) in [5.74, 6) is 1.88. The lowest BCUT2D eigenvalue weighted by Crippen LogP contribution is -2.39. The highest BCUT2D eigenvalue weighted by Crippen LogP contribution is 2.43. The third-order valence-corrected chi connectivity index (χ3v) is 6.21. The molecule has 4 atom stereocenters. The van der Waals surface area contributed by atoms with Crippen LogP contribution in [0.25, 0.3) is 0 Å². The second kappa shape index (κ2) is 7.59. The molecule has 3 aliphatic rings. The average molecular weight is 361 g/mol. The van der Waals surface area contributed by atoms with E-state index >= 15 is 0 Å². The van der Waals surface area contributed by atoms with Crippen molar-refractivity contribution in [1.82, 2.24) is 20.0 Å². The van der Waals surface area contributed by atoms with Crippen LogP contribution in [0, 0.1) is 24.7 Å². The molecule has 26 heavy (non-hydrogen) atoms. The van der Waals surface area contributed by atoms with Crippen molar-refractivity contribution in [3.63, 3.8) is 0 Å². The first kappa shape index (κ1) is 17.8. The maximum atomic E-state index is 12.4. The van der Waals surface area contributed by atoms with Crippen LogP contribution in [0.1, 0.15) is 50.6 Å². The minimum absolute atomic E-state index is 0.100. The Bertz CT molecular complexity index is 627. The zero-order valence-electron chi connectivity index (χ0n) is 16.1. The van der Waals surface area contributed by atoms with Gasteiger partial charge in [0.15, 0.2) is 0 Å². The minimum Gasteiger partial charge on any atom is -0.376 e. The first-order valence-corrected chi connectivity index (χ1v) is 10.3. The van der Waals surface area contributed by atoms with E-state index in [1.165, 1.54) is 18.4 Å². The number of aromatic nitrogens is 2. The molecule has 1 aromatic heterocycles. The Hall–Kier alpha value is -1.56. The highest BCUT2D eigenvalue weighted by atomic mass is 16.5. The monoisotopic (exact) mass is 360 g/mol. The standard InChI is InChI=1S/C20H32N4O2/c1-3-6-21-20(25)23-11-16-7-18(24-10-14(2)9-22-24)19(8-17(16)12-23)26-13-15-4-5-15/h9-10,15-19H,3-8,11-13H2,1-2H3,(H,21,25)/t16-,17+,18-,19-/m0/s1. The molecule has 1 aromatic rings. The summed E-state index contributed by atoms with van der Waals surface area (Å²) in [7, 11) is 0. The molecule has 3 fully saturated rings. The lowest BCUT2D eigenvalue weighted by molar-refractivity contribution is -0.0371. The van der Waals surface area contributed by atoms with Gasteiger partial charge in [0.1, 0.15) is 0 Å². The van der Waals surface area contributed by atoms with Crippen LogP contribution in [0.3, 0.4) is 0 Å². The number of nitrogens with zero attached hydrogens (tertiary/aromatic N) is 3. The summed E-state index contributed by atoms with van der Waals surface area (Å²) in [6.45, 7) is 7.56. The highest BCUT2D eigenvalue weighted by molar-refractivity contribution is 5.74. The van der Waals surface area contributed by atoms with Gasteiger partial charge < -0.3 is 15.0 Å². The number of fused-ring (bicyclic) bond motifs is 1. The molecular formula is C20H32N4O2. The second-order valence-electron chi connectivity index (χ2n) is 8.51. The van der Waals surface area contributed by atoms with Gasteiger partial charge in [-0.15, -0.1) is 0 Å². The average Bonchev–Trinajstić information content (AvgIpc) is 3.22. The van der Waals surface area contributed by atoms with Gasteiger partial charge in [0.05, 0.1) is 18.3 Å². The molecule has 6 heteroatoms. The molecule has 0 aromatic carbocycles. The molecule has 6 nitrogen and oxygen atoms in total. The Morgan fingerprint density at radius 3 is 2.73 bits per heavy atom. The molecule has 1 saturated heterocycles. The van der Waals surface area contributed by atoms with E-state index in [1.54, 1.807) is 0 Å². The number of amides is 2. The number of nitrogens with one attached hydrogen (secondary N) is 1. The summed E-state index contributed by atoms with van der Waals surface area (Å²) in [6.07, 6.45) is 9.99. The van der Waals surface area contributed by atoms with E-state index in [4.69, 9.17) is 4.74 Å². The Morgan fingerprint density at radius 1 is 1.31 bits per heavy atom. The van der Waals surface area contributed by atoms with E-state index in [9.17, 15) is 4.79 Å². The van der Waals surface area contributed by atoms with Crippen molar-refractivity contribution in [2.24, 2.45) is 17.8 Å². The van der Waals surface area contributed by atoms with Gasteiger partial charge in [0.25, 0.3) is 0 Å². The molecule has 0 unspecified atom stereocenters. The van der Waals surface area contributed by atoms with Crippen molar-refractivity contribution in [3.8, 4) is 0 Å². The largest absolute Gasteiger partial charge is 0.376 e. The van der Waals surface area contributed by atoms with E-state index in [0.717, 1.165) is 51.4 Å². The van der Waals surface area contributed by atoms with Gasteiger partial charge in [-0.2, -0.15) is 5.10 Å². The van der Waals surface area contributed by atoms with Gasteiger partial charge in [-0.05, 0) is 62.3 Å². The van der Waals surface area contributed by atoms with Crippen molar-refractivity contribution in [1.29, 1.82) is 0 Å². The number of likely N-dealkylation sites (tertiary alicyclic amines) is 1. The minimum atomic E-state index is 0.100. The second-order valence-corrected chi connectivity index (χ2v) is 8.51. The zero-order valence-corrected chi connectivity index (χ0v) is 16.1. The summed E-state index contributed by atoms with van der Waals surface area (Å²) in [6, 6.07) is 0.394. The van der Waals surface area contributed by atoms with E-state index in [2.05, 4.69) is 35.1 Å². The van der Waals surface area contributed by atoms with Crippen LogP contribution in [-0.2, 0) is 4.74 Å². The zero-order chi connectivity index (χ0) is 18.1. The number of rotatable bonds is 6. The molecule has 1 aliphatic heterocycles. The van der Waals surface area contributed by atoms with Crippen LogP contribution in [-0.4, -0.2) is 53.1 Å². The maximum Gasteiger partial charge on any atom is 0.317 e. The molecule has 0 spiro atoms. The Labute approximate surface area is 156 Å². The predicted molar refractivity (Wildman–Crippen MR) is 99.9 cm³/mol. The molecule has 2 saturated carbocycles. The third-order valence-electron chi connectivity index (χ3n) is 6.21. The van der Waals surface area contributed by atoms with Crippen LogP contribution in [0.5, 0.6) is 0 Å². The number of aryl methyl sites for hydroxylation is 1. The molecule has 2 heterocycles. The number of ether oxygens (including phenoxy) is 1. The van der Waals surface area contributed by atoms with Gasteiger partial charge in [-0.3, -0.25) is 4.68 Å². The molecule has 144 valence electrons. The fourth-order valence-electron chi connectivity index (χ4n) is 4.52. The van der Waals surface area contributed by atoms with Crippen LogP contribution < -0.4 is 5.32 Å². The first-order chi connectivity index (χ1) is 12.6. The summed E-state index contributed by atoms with van der Waals surface area (Å²) < 4.78 is 8.49. The number of hydrogen-bond donors (Lipinski definition) is 1. The highest BCUT2D eigenvalue weighted by Gasteiger charge is 2.45. The Morgan fingerprint density at radius 2 is 2.08 bits per heavy atom. The summed E-state index contributed by atoms with van der Waals surface area (Å²) in [5.41, 5.74) is 1.19. The first-order valence-electron chi connectivity index (χ1n) is 10.3. The van der Waals surface area contributed by atoms with Crippen molar-refractivity contribution in [3.05, 3.63) is 18.0 Å². The van der Waals surface area contributed by atoms with Crippen LogP contribution in [0.2, 0.25) is 0 Å². The number of hydrogen-bond acceptors (Lipinski definition) is 3. The van der Waals surface area contributed by atoms with Crippen LogP contribution >= 0.6 is 0 Å². The Kier molecular flexibility index (Phi) is 5.20. The quantitative estimate of drug-likeness (QED) is 0.848. The fourth-order valence-corrected chi connectivity index (χ4v) is 4.52. The van der Waals surface area contributed by atoms with E-state index in [0.29, 0.717) is 17.9 Å². The SMILES string of the molecule is CCCNC(=O)N1C[C@H]2C[C@H](OCC3CC3)[C@@H](n3cc(C)cn3)C[C@H]2C1. The van der Waals surface area contributed by atoms with E-state index in [-0.39, 0.29) is 12.1 Å². The van der Waals surface area contributed by atoms with Crippen LogP contribution in [0.15, 0.2) is 12.4 Å². The molecule has 0 bridgehead atoms. The van der Waals surface area contributed by atoms with Gasteiger partial charge in [0, 0.05) is 32.4 Å². The summed E-state index contributed by atoms with van der Waals surface area (Å²) >= 11 is 0. The van der Waals surface area contributed by atoms with Crippen LogP contribution in [0.4, 0.5) is 4.79 Å². The lowest BCUT2D eigenvalue weighted by atomic mass is 9.77. The molecular weight excluding hydrogens is 328 g/mol. The summed E-state index contributed by atoms with van der Waals surface area (Å²) in [5, 5.41) is 7.61. The third kappa shape index (κ3) is 3.90. The predicted octanol–water partition coefficient (Wildman–Crippen LogP) is 2.99. The fraction of sp³-hybridized carbons (Fsp3) is 0.800. The smallest absolute Gasteiger partial charge is 0.317 e. The lowest BCUT2D eigenvalue weighted by Gasteiger charge is -2.37. The maximum absolute atomic E-state index is 12.4. The van der Waals surface area contributed by atoms with Crippen molar-refractivity contribution < 1.29 is 9.53 Å².